The lowest BCUT2D eigenvalue weighted by Gasteiger charge is -1.97. The summed E-state index contributed by atoms with van der Waals surface area (Å²) in [4.78, 5) is 0. The highest BCUT2D eigenvalue weighted by atomic mass is 13.9. The van der Waals surface area contributed by atoms with E-state index < -0.39 is 0 Å². The summed E-state index contributed by atoms with van der Waals surface area (Å²) in [5.74, 6) is 11.4. The van der Waals surface area contributed by atoms with Crippen molar-refractivity contribution in [3.63, 3.8) is 0 Å². The first-order valence-corrected chi connectivity index (χ1v) is 5.81. The van der Waals surface area contributed by atoms with E-state index >= 15 is 0 Å². The van der Waals surface area contributed by atoms with Crippen molar-refractivity contribution in [3.05, 3.63) is 0 Å². The summed E-state index contributed by atoms with van der Waals surface area (Å²) in [6.07, 6.45) is 10.5. The van der Waals surface area contributed by atoms with Crippen LogP contribution in [0.25, 0.3) is 0 Å². The third-order valence-electron chi connectivity index (χ3n) is 2.18. The quantitative estimate of drug-likeness (QED) is 0.418. The van der Waals surface area contributed by atoms with Crippen molar-refractivity contribution in [2.45, 2.75) is 65.2 Å². The van der Waals surface area contributed by atoms with E-state index in [1.165, 1.54) is 44.9 Å². The molecule has 0 N–H and O–H groups in total. The molecule has 0 heteroatoms. The largest absolute Gasteiger partial charge is 0.0925 e. The summed E-state index contributed by atoms with van der Waals surface area (Å²) in [7, 11) is 0. The Hall–Kier alpha value is -0.880. The summed E-state index contributed by atoms with van der Waals surface area (Å²) < 4.78 is 0. The smallest absolute Gasteiger partial charge is 0.00989 e. The topological polar surface area (TPSA) is 0 Å². The predicted octanol–water partition coefficient (Wildman–Crippen LogP) is 4.15. The molecule has 0 rings (SSSR count). The van der Waals surface area contributed by atoms with Crippen LogP contribution in [0.15, 0.2) is 0 Å². The standard InChI is InChI=1S/C14H22/c1-3-5-7-9-11-13-14-12-10-8-6-4-2/h3,5,7,9,11-14H2,1-2H3. The molecule has 0 aliphatic rings. The first kappa shape index (κ1) is 13.1. The molecule has 0 saturated heterocycles. The van der Waals surface area contributed by atoms with Crippen LogP contribution in [-0.4, -0.2) is 0 Å². The molecule has 0 radical (unpaired) electrons. The number of hydrogen-bond donors (Lipinski definition) is 0. The summed E-state index contributed by atoms with van der Waals surface area (Å²) in [5.41, 5.74) is 0. The van der Waals surface area contributed by atoms with Crippen LogP contribution in [0.1, 0.15) is 65.2 Å². The highest BCUT2D eigenvalue weighted by molar-refractivity contribution is 5.24. The van der Waals surface area contributed by atoms with Crippen LogP contribution in [0.4, 0.5) is 0 Å². The van der Waals surface area contributed by atoms with Gasteiger partial charge in [-0.05, 0) is 25.2 Å². The molecule has 78 valence electrons. The minimum absolute atomic E-state index is 1.02. The number of rotatable bonds is 7. The molecule has 0 nitrogen and oxygen atoms in total. The molecule has 0 aromatic rings. The van der Waals surface area contributed by atoms with Gasteiger partial charge in [-0.1, -0.05) is 57.3 Å². The summed E-state index contributed by atoms with van der Waals surface area (Å²) in [6.45, 7) is 4.08. The highest BCUT2D eigenvalue weighted by Gasteiger charge is 1.88. The van der Waals surface area contributed by atoms with E-state index in [1.54, 1.807) is 0 Å². The van der Waals surface area contributed by atoms with E-state index in [1.807, 2.05) is 6.92 Å². The van der Waals surface area contributed by atoms with Crippen LogP contribution in [0.5, 0.6) is 0 Å². The Kier molecular flexibility index (Phi) is 11.4. The molecule has 0 saturated carbocycles. The van der Waals surface area contributed by atoms with E-state index in [0.29, 0.717) is 0 Å². The van der Waals surface area contributed by atoms with Gasteiger partial charge in [-0.15, -0.1) is 0 Å². The Morgan fingerprint density at radius 1 is 0.786 bits per heavy atom. The van der Waals surface area contributed by atoms with E-state index in [2.05, 4.69) is 30.6 Å². The molecule has 0 bridgehead atoms. The molecule has 0 aromatic heterocycles. The summed E-state index contributed by atoms with van der Waals surface area (Å²) >= 11 is 0. The molecule has 0 unspecified atom stereocenters. The Morgan fingerprint density at radius 2 is 1.43 bits per heavy atom. The van der Waals surface area contributed by atoms with Gasteiger partial charge in [-0.3, -0.25) is 0 Å². The van der Waals surface area contributed by atoms with Gasteiger partial charge < -0.3 is 0 Å². The zero-order valence-electron chi connectivity index (χ0n) is 9.66. The van der Waals surface area contributed by atoms with Crippen molar-refractivity contribution in [2.75, 3.05) is 0 Å². The molecule has 0 heterocycles. The lowest BCUT2D eigenvalue weighted by molar-refractivity contribution is 0.594. The van der Waals surface area contributed by atoms with E-state index in [9.17, 15) is 0 Å². The van der Waals surface area contributed by atoms with Crippen LogP contribution in [0.2, 0.25) is 0 Å². The minimum atomic E-state index is 1.02. The normalized spacial score (nSPS) is 8.43. The molecule has 0 aliphatic carbocycles. The zero-order valence-corrected chi connectivity index (χ0v) is 9.66. The van der Waals surface area contributed by atoms with Gasteiger partial charge in [0.15, 0.2) is 0 Å². The number of unbranched alkanes of at least 4 members (excludes halogenated alkanes) is 7. The average Bonchev–Trinajstić information content (AvgIpc) is 2.21. The Bertz CT molecular complexity index is 216. The van der Waals surface area contributed by atoms with Crippen molar-refractivity contribution >= 4 is 0 Å². The van der Waals surface area contributed by atoms with Crippen molar-refractivity contribution in [1.82, 2.24) is 0 Å². The van der Waals surface area contributed by atoms with Crippen molar-refractivity contribution in [2.24, 2.45) is 0 Å². The maximum atomic E-state index is 3.06. The fraction of sp³-hybridized carbons (Fsp3) is 0.714. The third kappa shape index (κ3) is 11.1. The van der Waals surface area contributed by atoms with Gasteiger partial charge >= 0.3 is 0 Å². The first-order chi connectivity index (χ1) is 6.91. The van der Waals surface area contributed by atoms with Crippen LogP contribution in [-0.2, 0) is 0 Å². The van der Waals surface area contributed by atoms with Gasteiger partial charge in [0.25, 0.3) is 0 Å². The second kappa shape index (κ2) is 12.1. The highest BCUT2D eigenvalue weighted by Crippen LogP contribution is 2.07. The maximum Gasteiger partial charge on any atom is 0.00989 e. The third-order valence-corrected chi connectivity index (χ3v) is 2.18. The van der Waals surface area contributed by atoms with Crippen molar-refractivity contribution in [3.8, 4) is 23.7 Å². The van der Waals surface area contributed by atoms with Crippen LogP contribution < -0.4 is 0 Å². The summed E-state index contributed by atoms with van der Waals surface area (Å²) in [6, 6.07) is 0. The molecule has 14 heavy (non-hydrogen) atoms. The van der Waals surface area contributed by atoms with Gasteiger partial charge in [0, 0.05) is 6.42 Å². The Labute approximate surface area is 89.5 Å². The van der Waals surface area contributed by atoms with E-state index in [-0.39, 0.29) is 0 Å². The van der Waals surface area contributed by atoms with E-state index in [4.69, 9.17) is 0 Å². The van der Waals surface area contributed by atoms with Crippen LogP contribution in [0.3, 0.4) is 0 Å². The number of hydrogen-bond acceptors (Lipinski definition) is 0. The summed E-state index contributed by atoms with van der Waals surface area (Å²) in [5, 5.41) is 0. The molecular weight excluding hydrogens is 168 g/mol. The fourth-order valence-corrected chi connectivity index (χ4v) is 1.34. The van der Waals surface area contributed by atoms with Gasteiger partial charge in [0.2, 0.25) is 0 Å². The van der Waals surface area contributed by atoms with Gasteiger partial charge in [-0.2, -0.15) is 0 Å². The van der Waals surface area contributed by atoms with Crippen LogP contribution >= 0.6 is 0 Å². The second-order valence-corrected chi connectivity index (χ2v) is 3.55. The SMILES string of the molecule is CC#CC#CCCCCCCCCC. The van der Waals surface area contributed by atoms with Gasteiger partial charge in [0.1, 0.15) is 0 Å². The molecule has 0 amide bonds. The molecule has 0 aromatic carbocycles. The van der Waals surface area contributed by atoms with E-state index in [0.717, 1.165) is 6.42 Å². The lowest BCUT2D eigenvalue weighted by atomic mass is 10.1. The van der Waals surface area contributed by atoms with Crippen LogP contribution in [0, 0.1) is 23.7 Å². The van der Waals surface area contributed by atoms with Gasteiger partial charge in [-0.25, -0.2) is 0 Å². The average molecular weight is 190 g/mol. The zero-order chi connectivity index (χ0) is 10.5. The Morgan fingerprint density at radius 3 is 2.07 bits per heavy atom. The predicted molar refractivity (Wildman–Crippen MR) is 63.8 cm³/mol. The molecule has 0 spiro atoms. The monoisotopic (exact) mass is 190 g/mol. The van der Waals surface area contributed by atoms with Gasteiger partial charge in [0.05, 0.1) is 0 Å². The molecular formula is C14H22. The minimum Gasteiger partial charge on any atom is -0.0925 e. The second-order valence-electron chi connectivity index (χ2n) is 3.55. The van der Waals surface area contributed by atoms with Crippen molar-refractivity contribution < 1.29 is 0 Å². The first-order valence-electron chi connectivity index (χ1n) is 5.81. The fourth-order valence-electron chi connectivity index (χ4n) is 1.34. The maximum absolute atomic E-state index is 3.06. The Balaban J connectivity index is 3.06. The molecule has 0 aliphatic heterocycles. The molecule has 0 fully saturated rings. The lowest BCUT2D eigenvalue weighted by Crippen LogP contribution is -1.78. The van der Waals surface area contributed by atoms with Crippen molar-refractivity contribution in [1.29, 1.82) is 0 Å². The molecule has 0 atom stereocenters.